The first-order valence-corrected chi connectivity index (χ1v) is 6.35. The zero-order chi connectivity index (χ0) is 14.5. The van der Waals surface area contributed by atoms with Crippen LogP contribution in [0.4, 0.5) is 0 Å². The van der Waals surface area contributed by atoms with Crippen LogP contribution in [0.25, 0.3) is 12.2 Å². The smallest absolute Gasteiger partial charge is 0.227 e. The average Bonchev–Trinajstić information content (AvgIpc) is 2.43. The molecule has 1 aromatic heterocycles. The third kappa shape index (κ3) is 3.59. The fourth-order valence-electron chi connectivity index (χ4n) is 1.54. The Morgan fingerprint density at radius 1 is 0.900 bits per heavy atom. The minimum atomic E-state index is 0.0527. The van der Waals surface area contributed by atoms with Crippen LogP contribution in [0, 0.1) is 0 Å². The molecule has 104 valence electrons. The molecule has 20 heavy (non-hydrogen) atoms. The molecule has 5 nitrogen and oxygen atoms in total. The Kier molecular flexibility index (Phi) is 4.76. The molecule has 0 fully saturated rings. The quantitative estimate of drug-likeness (QED) is 0.866. The summed E-state index contributed by atoms with van der Waals surface area (Å²) in [6.07, 6.45) is 3.49. The molecule has 2 aromatic rings. The van der Waals surface area contributed by atoms with Gasteiger partial charge in [0.15, 0.2) is 17.3 Å². The van der Waals surface area contributed by atoms with E-state index in [0.717, 1.165) is 5.56 Å². The monoisotopic (exact) mass is 311 g/mol. The Labute approximate surface area is 126 Å². The van der Waals surface area contributed by atoms with Gasteiger partial charge in [-0.05, 0) is 47.0 Å². The number of aromatic nitrogens is 3. The number of ether oxygens (including phenoxy) is 2. The molecule has 0 N–H and O–H groups in total. The van der Waals surface area contributed by atoms with Crippen molar-refractivity contribution in [2.24, 2.45) is 0 Å². The van der Waals surface area contributed by atoms with E-state index in [4.69, 9.17) is 32.7 Å². The summed E-state index contributed by atoms with van der Waals surface area (Å²) in [6, 6.07) is 5.52. The fraction of sp³-hybridized carbons (Fsp3) is 0.154. The van der Waals surface area contributed by atoms with E-state index in [1.54, 1.807) is 20.3 Å². The maximum atomic E-state index is 5.70. The van der Waals surface area contributed by atoms with Crippen molar-refractivity contribution in [3.05, 3.63) is 40.2 Å². The van der Waals surface area contributed by atoms with Crippen molar-refractivity contribution in [1.82, 2.24) is 15.0 Å². The normalized spacial score (nSPS) is 10.8. The van der Waals surface area contributed by atoms with Gasteiger partial charge in [0.25, 0.3) is 0 Å². The summed E-state index contributed by atoms with van der Waals surface area (Å²) in [5.74, 6) is 1.68. The van der Waals surface area contributed by atoms with Crippen LogP contribution < -0.4 is 9.47 Å². The lowest BCUT2D eigenvalue weighted by Gasteiger charge is -2.07. The van der Waals surface area contributed by atoms with Crippen molar-refractivity contribution in [1.29, 1.82) is 0 Å². The molecule has 7 heteroatoms. The second-order valence-corrected chi connectivity index (χ2v) is 4.36. The standard InChI is InChI=1S/C13H11Cl2N3O2/c1-19-9-5-3-8(7-10(9)20-2)4-6-11-16-12(14)18-13(15)17-11/h3-7H,1-2H3. The van der Waals surface area contributed by atoms with Gasteiger partial charge >= 0.3 is 0 Å². The summed E-state index contributed by atoms with van der Waals surface area (Å²) in [5, 5.41) is 0.105. The van der Waals surface area contributed by atoms with Crippen LogP contribution in [0.3, 0.4) is 0 Å². The van der Waals surface area contributed by atoms with Gasteiger partial charge in [0.1, 0.15) is 0 Å². The zero-order valence-electron chi connectivity index (χ0n) is 10.8. The molecule has 0 amide bonds. The number of nitrogens with zero attached hydrogens (tertiary/aromatic N) is 3. The summed E-state index contributed by atoms with van der Waals surface area (Å²) in [6.45, 7) is 0. The van der Waals surface area contributed by atoms with E-state index in [1.165, 1.54) is 0 Å². The van der Waals surface area contributed by atoms with Gasteiger partial charge in [-0.3, -0.25) is 0 Å². The van der Waals surface area contributed by atoms with Crippen molar-refractivity contribution in [3.63, 3.8) is 0 Å². The minimum absolute atomic E-state index is 0.0527. The number of methoxy groups -OCH3 is 2. The Bertz CT molecular complexity index is 627. The Morgan fingerprint density at radius 2 is 1.55 bits per heavy atom. The molecule has 1 heterocycles. The lowest BCUT2D eigenvalue weighted by atomic mass is 10.2. The van der Waals surface area contributed by atoms with Crippen molar-refractivity contribution >= 4 is 35.4 Å². The molecule has 0 aliphatic rings. The second-order valence-electron chi connectivity index (χ2n) is 3.68. The van der Waals surface area contributed by atoms with Crippen LogP contribution in [0.5, 0.6) is 11.5 Å². The molecule has 0 unspecified atom stereocenters. The molecule has 0 atom stereocenters. The third-order valence-electron chi connectivity index (χ3n) is 2.43. The largest absolute Gasteiger partial charge is 0.493 e. The van der Waals surface area contributed by atoms with Crippen molar-refractivity contribution in [3.8, 4) is 11.5 Å². The van der Waals surface area contributed by atoms with Crippen molar-refractivity contribution in [2.45, 2.75) is 0 Å². The number of hydrogen-bond donors (Lipinski definition) is 0. The van der Waals surface area contributed by atoms with Crippen LogP contribution in [0.1, 0.15) is 11.4 Å². The highest BCUT2D eigenvalue weighted by Gasteiger charge is 2.03. The Hall–Kier alpha value is -1.85. The van der Waals surface area contributed by atoms with Gasteiger partial charge in [0.05, 0.1) is 14.2 Å². The SMILES string of the molecule is COc1ccc(C=Cc2nc(Cl)nc(Cl)n2)cc1OC. The minimum Gasteiger partial charge on any atom is -0.493 e. The predicted octanol–water partition coefficient (Wildman–Crippen LogP) is 3.37. The van der Waals surface area contributed by atoms with Crippen LogP contribution in [-0.4, -0.2) is 29.2 Å². The predicted molar refractivity (Wildman–Crippen MR) is 78.3 cm³/mol. The molecule has 0 saturated carbocycles. The van der Waals surface area contributed by atoms with E-state index in [1.807, 2.05) is 24.3 Å². The first-order valence-electron chi connectivity index (χ1n) is 5.59. The number of halogens is 2. The average molecular weight is 312 g/mol. The summed E-state index contributed by atoms with van der Waals surface area (Å²) in [4.78, 5) is 11.6. The van der Waals surface area contributed by atoms with E-state index < -0.39 is 0 Å². The van der Waals surface area contributed by atoms with E-state index in [9.17, 15) is 0 Å². The first-order chi connectivity index (χ1) is 9.62. The van der Waals surface area contributed by atoms with Gasteiger partial charge < -0.3 is 9.47 Å². The lowest BCUT2D eigenvalue weighted by molar-refractivity contribution is 0.355. The van der Waals surface area contributed by atoms with Crippen LogP contribution in [-0.2, 0) is 0 Å². The molecular weight excluding hydrogens is 301 g/mol. The maximum Gasteiger partial charge on any atom is 0.227 e. The highest BCUT2D eigenvalue weighted by molar-refractivity contribution is 6.31. The van der Waals surface area contributed by atoms with Crippen molar-refractivity contribution < 1.29 is 9.47 Å². The number of hydrogen-bond acceptors (Lipinski definition) is 5. The number of benzene rings is 1. The second kappa shape index (κ2) is 6.54. The van der Waals surface area contributed by atoms with Gasteiger partial charge in [-0.1, -0.05) is 12.1 Å². The van der Waals surface area contributed by atoms with Crippen molar-refractivity contribution in [2.75, 3.05) is 14.2 Å². The lowest BCUT2D eigenvalue weighted by Crippen LogP contribution is -1.92. The fourth-order valence-corrected chi connectivity index (χ4v) is 1.92. The molecule has 0 aliphatic carbocycles. The van der Waals surface area contributed by atoms with Crippen LogP contribution in [0.15, 0.2) is 18.2 Å². The first kappa shape index (κ1) is 14.6. The maximum absolute atomic E-state index is 5.70. The highest BCUT2D eigenvalue weighted by atomic mass is 35.5. The topological polar surface area (TPSA) is 57.1 Å². The molecule has 2 rings (SSSR count). The molecule has 0 aliphatic heterocycles. The van der Waals surface area contributed by atoms with Gasteiger partial charge in [0, 0.05) is 0 Å². The van der Waals surface area contributed by atoms with Gasteiger partial charge in [-0.15, -0.1) is 0 Å². The van der Waals surface area contributed by atoms with E-state index >= 15 is 0 Å². The molecule has 0 spiro atoms. The Morgan fingerprint density at radius 3 is 2.15 bits per heavy atom. The molecule has 1 aromatic carbocycles. The van der Waals surface area contributed by atoms with E-state index in [0.29, 0.717) is 17.3 Å². The molecule has 0 bridgehead atoms. The summed E-state index contributed by atoms with van der Waals surface area (Å²) in [5.41, 5.74) is 0.898. The zero-order valence-corrected chi connectivity index (χ0v) is 12.3. The summed E-state index contributed by atoms with van der Waals surface area (Å²) in [7, 11) is 3.17. The molecular formula is C13H11Cl2N3O2. The third-order valence-corrected chi connectivity index (χ3v) is 2.77. The number of rotatable bonds is 4. The van der Waals surface area contributed by atoms with Crippen LogP contribution in [0.2, 0.25) is 10.6 Å². The van der Waals surface area contributed by atoms with Gasteiger partial charge in [-0.2, -0.15) is 15.0 Å². The van der Waals surface area contributed by atoms with E-state index in [2.05, 4.69) is 15.0 Å². The van der Waals surface area contributed by atoms with E-state index in [-0.39, 0.29) is 10.6 Å². The highest BCUT2D eigenvalue weighted by Crippen LogP contribution is 2.28. The summed E-state index contributed by atoms with van der Waals surface area (Å²) >= 11 is 11.4. The molecule has 0 radical (unpaired) electrons. The van der Waals surface area contributed by atoms with Crippen LogP contribution >= 0.6 is 23.2 Å². The summed E-state index contributed by atoms with van der Waals surface area (Å²) < 4.78 is 10.4. The van der Waals surface area contributed by atoms with Gasteiger partial charge in [-0.25, -0.2) is 0 Å². The Balaban J connectivity index is 2.27. The van der Waals surface area contributed by atoms with Gasteiger partial charge in [0.2, 0.25) is 10.6 Å². The molecule has 0 saturated heterocycles.